The van der Waals surface area contributed by atoms with Gasteiger partial charge in [-0.2, -0.15) is 4.98 Å². The second-order valence-corrected chi connectivity index (χ2v) is 5.82. The lowest BCUT2D eigenvalue weighted by atomic mass is 10.1. The number of amides is 1. The highest BCUT2D eigenvalue weighted by molar-refractivity contribution is 6.00. The fraction of sp³-hybridized carbons (Fsp3) is 0.333. The minimum atomic E-state index is -0.413. The molecule has 7 heteroatoms. The maximum Gasteiger partial charge on any atom is 0.257 e. The van der Waals surface area contributed by atoms with E-state index in [2.05, 4.69) is 20.6 Å². The number of hydrogen-bond donors (Lipinski definition) is 1. The van der Waals surface area contributed by atoms with Gasteiger partial charge in [0.15, 0.2) is 5.82 Å². The standard InChI is InChI=1S/C18H20N4O3/c1-4-8-14-20-18(25-21-14)11(2)19-17(23)15-12(3)24-22-16(15)13-9-6-5-7-10-13/h5-7,9-11H,4,8H2,1-3H3,(H,19,23)/t11-/m0/s1. The highest BCUT2D eigenvalue weighted by atomic mass is 16.5. The maximum absolute atomic E-state index is 12.7. The summed E-state index contributed by atoms with van der Waals surface area (Å²) in [7, 11) is 0. The maximum atomic E-state index is 12.7. The predicted molar refractivity (Wildman–Crippen MR) is 90.9 cm³/mol. The van der Waals surface area contributed by atoms with E-state index in [1.165, 1.54) is 0 Å². The summed E-state index contributed by atoms with van der Waals surface area (Å²) >= 11 is 0. The number of aromatic nitrogens is 3. The number of nitrogens with zero attached hydrogens (tertiary/aromatic N) is 3. The Balaban J connectivity index is 1.80. The van der Waals surface area contributed by atoms with Gasteiger partial charge in [-0.15, -0.1) is 0 Å². The van der Waals surface area contributed by atoms with Gasteiger partial charge >= 0.3 is 0 Å². The molecule has 0 saturated carbocycles. The molecule has 0 saturated heterocycles. The highest BCUT2D eigenvalue weighted by Gasteiger charge is 2.24. The normalized spacial score (nSPS) is 12.1. The van der Waals surface area contributed by atoms with Gasteiger partial charge in [0.2, 0.25) is 5.89 Å². The molecule has 2 heterocycles. The average molecular weight is 340 g/mol. The molecule has 7 nitrogen and oxygen atoms in total. The Morgan fingerprint density at radius 2 is 1.96 bits per heavy atom. The fourth-order valence-corrected chi connectivity index (χ4v) is 2.53. The van der Waals surface area contributed by atoms with Crippen molar-refractivity contribution in [1.29, 1.82) is 0 Å². The van der Waals surface area contributed by atoms with Crippen LogP contribution in [0.25, 0.3) is 11.3 Å². The van der Waals surface area contributed by atoms with Crippen molar-refractivity contribution in [3.05, 3.63) is 53.4 Å². The zero-order chi connectivity index (χ0) is 17.8. The quantitative estimate of drug-likeness (QED) is 0.738. The molecule has 0 bridgehead atoms. The topological polar surface area (TPSA) is 94.1 Å². The Hall–Kier alpha value is -2.96. The second kappa shape index (κ2) is 7.29. The Bertz CT molecular complexity index is 854. The van der Waals surface area contributed by atoms with Crippen LogP contribution in [0.3, 0.4) is 0 Å². The number of aryl methyl sites for hydroxylation is 2. The molecule has 1 amide bonds. The molecule has 2 aromatic heterocycles. The van der Waals surface area contributed by atoms with Crippen molar-refractivity contribution in [3.63, 3.8) is 0 Å². The van der Waals surface area contributed by atoms with Gasteiger partial charge in [-0.1, -0.05) is 47.6 Å². The number of carbonyl (C=O) groups is 1. The van der Waals surface area contributed by atoms with Crippen LogP contribution in [0.4, 0.5) is 0 Å². The third-order valence-corrected chi connectivity index (χ3v) is 3.81. The lowest BCUT2D eigenvalue weighted by molar-refractivity contribution is 0.0931. The van der Waals surface area contributed by atoms with Crippen LogP contribution >= 0.6 is 0 Å². The first-order chi connectivity index (χ1) is 12.1. The van der Waals surface area contributed by atoms with Crippen LogP contribution in [-0.4, -0.2) is 21.2 Å². The first-order valence-electron chi connectivity index (χ1n) is 8.25. The van der Waals surface area contributed by atoms with Crippen molar-refractivity contribution < 1.29 is 13.8 Å². The Morgan fingerprint density at radius 3 is 2.68 bits per heavy atom. The second-order valence-electron chi connectivity index (χ2n) is 5.82. The zero-order valence-electron chi connectivity index (χ0n) is 14.4. The molecule has 0 radical (unpaired) electrons. The fourth-order valence-electron chi connectivity index (χ4n) is 2.53. The summed E-state index contributed by atoms with van der Waals surface area (Å²) in [6.45, 7) is 5.55. The van der Waals surface area contributed by atoms with Gasteiger partial charge in [0.1, 0.15) is 23.1 Å². The average Bonchev–Trinajstić information content (AvgIpc) is 3.23. The molecule has 1 N–H and O–H groups in total. The van der Waals surface area contributed by atoms with E-state index in [4.69, 9.17) is 9.05 Å². The van der Waals surface area contributed by atoms with E-state index in [9.17, 15) is 4.79 Å². The van der Waals surface area contributed by atoms with Gasteiger partial charge in [0.25, 0.3) is 5.91 Å². The molecular weight excluding hydrogens is 320 g/mol. The molecule has 25 heavy (non-hydrogen) atoms. The van der Waals surface area contributed by atoms with E-state index in [1.54, 1.807) is 13.8 Å². The molecular formula is C18H20N4O3. The van der Waals surface area contributed by atoms with E-state index < -0.39 is 6.04 Å². The monoisotopic (exact) mass is 340 g/mol. The van der Waals surface area contributed by atoms with Crippen LogP contribution in [-0.2, 0) is 6.42 Å². The molecule has 0 unspecified atom stereocenters. The largest absolute Gasteiger partial charge is 0.360 e. The van der Waals surface area contributed by atoms with E-state index in [0.29, 0.717) is 28.7 Å². The molecule has 0 aliphatic heterocycles. The molecule has 0 spiro atoms. The smallest absolute Gasteiger partial charge is 0.257 e. The van der Waals surface area contributed by atoms with Crippen molar-refractivity contribution in [2.75, 3.05) is 0 Å². The van der Waals surface area contributed by atoms with E-state index in [0.717, 1.165) is 18.4 Å². The van der Waals surface area contributed by atoms with Crippen molar-refractivity contribution in [1.82, 2.24) is 20.6 Å². The summed E-state index contributed by atoms with van der Waals surface area (Å²) in [5.41, 5.74) is 1.74. The summed E-state index contributed by atoms with van der Waals surface area (Å²) in [6, 6.07) is 9.03. The van der Waals surface area contributed by atoms with Gasteiger partial charge in [0, 0.05) is 12.0 Å². The Labute approximate surface area is 145 Å². The first-order valence-corrected chi connectivity index (χ1v) is 8.25. The van der Waals surface area contributed by atoms with Crippen LogP contribution in [0, 0.1) is 6.92 Å². The van der Waals surface area contributed by atoms with Gasteiger partial charge in [0.05, 0.1) is 0 Å². The number of carbonyl (C=O) groups excluding carboxylic acids is 1. The summed E-state index contributed by atoms with van der Waals surface area (Å²) in [4.78, 5) is 17.0. The third-order valence-electron chi connectivity index (χ3n) is 3.81. The van der Waals surface area contributed by atoms with E-state index >= 15 is 0 Å². The first kappa shape index (κ1) is 16.9. The van der Waals surface area contributed by atoms with Crippen molar-refractivity contribution in [2.45, 2.75) is 39.7 Å². The Kier molecular flexibility index (Phi) is 4.92. The summed E-state index contributed by atoms with van der Waals surface area (Å²) in [5, 5.41) is 10.8. The van der Waals surface area contributed by atoms with Crippen LogP contribution in [0.15, 0.2) is 39.4 Å². The van der Waals surface area contributed by atoms with Crippen molar-refractivity contribution in [3.8, 4) is 11.3 Å². The summed E-state index contributed by atoms with van der Waals surface area (Å²) in [6.07, 6.45) is 1.67. The number of rotatable bonds is 6. The lowest BCUT2D eigenvalue weighted by Gasteiger charge is -2.10. The number of benzene rings is 1. The van der Waals surface area contributed by atoms with Crippen LogP contribution in [0.1, 0.15) is 54.1 Å². The summed E-state index contributed by atoms with van der Waals surface area (Å²) in [5.74, 6) is 1.19. The minimum Gasteiger partial charge on any atom is -0.360 e. The SMILES string of the molecule is CCCc1noc([C@H](C)NC(=O)c2c(-c3ccccc3)noc2C)n1. The molecule has 130 valence electrons. The van der Waals surface area contributed by atoms with Gasteiger partial charge in [-0.05, 0) is 20.3 Å². The molecule has 0 aliphatic carbocycles. The molecule has 0 fully saturated rings. The number of hydrogen-bond acceptors (Lipinski definition) is 6. The molecule has 3 rings (SSSR count). The van der Waals surface area contributed by atoms with E-state index in [1.807, 2.05) is 37.3 Å². The summed E-state index contributed by atoms with van der Waals surface area (Å²) < 4.78 is 10.5. The van der Waals surface area contributed by atoms with Gasteiger partial charge in [-0.3, -0.25) is 4.79 Å². The van der Waals surface area contributed by atoms with Gasteiger partial charge < -0.3 is 14.4 Å². The highest BCUT2D eigenvalue weighted by Crippen LogP contribution is 2.25. The zero-order valence-corrected chi connectivity index (χ0v) is 14.4. The Morgan fingerprint density at radius 1 is 1.20 bits per heavy atom. The predicted octanol–water partition coefficient (Wildman–Crippen LogP) is 3.48. The molecule has 1 atom stereocenters. The van der Waals surface area contributed by atoms with Crippen molar-refractivity contribution in [2.24, 2.45) is 0 Å². The molecule has 1 aromatic carbocycles. The van der Waals surface area contributed by atoms with Crippen LogP contribution < -0.4 is 5.32 Å². The number of nitrogens with one attached hydrogen (secondary N) is 1. The van der Waals surface area contributed by atoms with Gasteiger partial charge in [-0.25, -0.2) is 0 Å². The molecule has 0 aliphatic rings. The van der Waals surface area contributed by atoms with E-state index in [-0.39, 0.29) is 5.91 Å². The lowest BCUT2D eigenvalue weighted by Crippen LogP contribution is -2.27. The molecule has 3 aromatic rings. The third kappa shape index (κ3) is 3.60. The van der Waals surface area contributed by atoms with Crippen LogP contribution in [0.2, 0.25) is 0 Å². The van der Waals surface area contributed by atoms with Crippen molar-refractivity contribution >= 4 is 5.91 Å². The van der Waals surface area contributed by atoms with Crippen LogP contribution in [0.5, 0.6) is 0 Å². The minimum absolute atomic E-state index is 0.291.